The number of Topliss-reactive ketones (excluding diaryl/α,β-unsaturated/α-hetero) is 2. The Morgan fingerprint density at radius 1 is 0.434 bits per heavy atom. The monoisotopic (exact) mass is 765 g/mol. The molecule has 0 aliphatic carbocycles. The minimum atomic E-state index is -3.53. The zero-order valence-electron chi connectivity index (χ0n) is 28.9. The molecule has 0 radical (unpaired) electrons. The van der Waals surface area contributed by atoms with Crippen molar-refractivity contribution >= 4 is 46.8 Å². The summed E-state index contributed by atoms with van der Waals surface area (Å²) in [5.41, 5.74) is 10.9. The maximum atomic E-state index is 12.5. The van der Waals surface area contributed by atoms with Gasteiger partial charge in [-0.25, -0.2) is 16.8 Å². The molecule has 0 atom stereocenters. The normalized spacial score (nSPS) is 10.9. The first-order valence-corrected chi connectivity index (χ1v) is 20.6. The van der Waals surface area contributed by atoms with Crippen LogP contribution in [-0.2, 0) is 59.9 Å². The van der Waals surface area contributed by atoms with Crippen molar-refractivity contribution in [1.82, 2.24) is 0 Å². The third-order valence-corrected chi connectivity index (χ3v) is 10.8. The fourth-order valence-corrected chi connectivity index (χ4v) is 7.42. The molecular weight excluding hydrogens is 726 g/mol. The average Bonchev–Trinajstić information content (AvgIpc) is 3.13. The largest absolute Gasteiger partial charge is 0.399 e. The topological polar surface area (TPSA) is 128 Å². The van der Waals surface area contributed by atoms with E-state index in [1.807, 2.05) is 97.1 Å². The van der Waals surface area contributed by atoms with E-state index in [1.165, 1.54) is 12.1 Å². The van der Waals surface area contributed by atoms with Gasteiger partial charge in [0.1, 0.15) is 11.6 Å². The molecule has 53 heavy (non-hydrogen) atoms. The van der Waals surface area contributed by atoms with E-state index in [-0.39, 0.29) is 22.2 Å². The van der Waals surface area contributed by atoms with Crippen molar-refractivity contribution in [2.75, 3.05) is 5.73 Å². The molecule has 0 bridgehead atoms. The number of ketones is 2. The summed E-state index contributed by atoms with van der Waals surface area (Å²) in [5, 5.41) is 0. The molecule has 7 nitrogen and oxygen atoms in total. The van der Waals surface area contributed by atoms with Crippen LogP contribution in [0.5, 0.6) is 0 Å². The second-order valence-electron chi connectivity index (χ2n) is 12.1. The third-order valence-electron chi connectivity index (χ3n) is 7.72. The average molecular weight is 766 g/mol. The number of rotatable bonds is 12. The molecule has 0 saturated heterocycles. The first-order chi connectivity index (χ1) is 25.4. The van der Waals surface area contributed by atoms with Crippen LogP contribution in [0, 0.1) is 0 Å². The molecule has 272 valence electrons. The second-order valence-corrected chi connectivity index (χ2v) is 16.7. The van der Waals surface area contributed by atoms with E-state index < -0.39 is 18.9 Å². The fraction of sp³-hybridized carbons (Fsp3) is 0.116. The van der Waals surface area contributed by atoms with E-state index in [2.05, 4.69) is 0 Å². The van der Waals surface area contributed by atoms with Crippen molar-refractivity contribution < 1.29 is 26.4 Å². The summed E-state index contributed by atoms with van der Waals surface area (Å²) in [6.45, 7) is 0. The number of carbonyl (C=O) groups excluding carboxylic acids is 2. The van der Waals surface area contributed by atoms with Gasteiger partial charge in [-0.15, -0.1) is 0 Å². The van der Waals surface area contributed by atoms with Gasteiger partial charge in [0.05, 0.1) is 15.5 Å². The summed E-state index contributed by atoms with van der Waals surface area (Å²) in [6.07, 6.45) is 1.61. The maximum absolute atomic E-state index is 12.5. The van der Waals surface area contributed by atoms with Crippen molar-refractivity contribution in [2.45, 2.75) is 41.2 Å². The minimum absolute atomic E-state index is 0.0717. The number of hydrogen-bond acceptors (Lipinski definition) is 7. The standard InChI is InChI=1S/C22H20O3S.C15H15NO.C6H5ClO2S/c23-21(15-18-8-3-1-4-9-18)16-19-10-7-11-20(14-19)17-26(24,25)22-12-5-2-6-13-22;16-14-8-4-7-13(9-14)11-15(17)10-12-5-2-1-3-6-12;7-10(8,9)6-4-2-1-3-5-6/h1-14H,15-17H2;1-9H,10-11,16H2;1-5H. The molecule has 0 fully saturated rings. The van der Waals surface area contributed by atoms with Crippen molar-refractivity contribution in [2.24, 2.45) is 0 Å². The lowest BCUT2D eigenvalue weighted by molar-refractivity contribution is -0.118. The quantitative estimate of drug-likeness (QED) is 0.0982. The van der Waals surface area contributed by atoms with Crippen molar-refractivity contribution in [3.63, 3.8) is 0 Å². The summed E-state index contributed by atoms with van der Waals surface area (Å²) in [6, 6.07) is 50.4. The van der Waals surface area contributed by atoms with Gasteiger partial charge in [0, 0.05) is 42.1 Å². The van der Waals surface area contributed by atoms with Crippen LogP contribution < -0.4 is 5.73 Å². The number of carbonyl (C=O) groups is 2. The van der Waals surface area contributed by atoms with Gasteiger partial charge in [0.2, 0.25) is 0 Å². The summed E-state index contributed by atoms with van der Waals surface area (Å²) < 4.78 is 46.2. The Kier molecular flexibility index (Phi) is 15.3. The molecule has 0 aliphatic rings. The highest BCUT2D eigenvalue weighted by atomic mass is 35.7. The van der Waals surface area contributed by atoms with Gasteiger partial charge in [-0.3, -0.25) is 9.59 Å². The molecule has 0 saturated carbocycles. The Labute approximate surface area is 316 Å². The van der Waals surface area contributed by atoms with Crippen LogP contribution in [0.25, 0.3) is 0 Å². The summed E-state index contributed by atoms with van der Waals surface area (Å²) in [5.74, 6) is 0.249. The van der Waals surface area contributed by atoms with E-state index in [0.717, 1.165) is 22.3 Å². The van der Waals surface area contributed by atoms with E-state index >= 15 is 0 Å². The Morgan fingerprint density at radius 2 is 0.792 bits per heavy atom. The maximum Gasteiger partial charge on any atom is 0.261 e. The SMILES string of the molecule is Nc1cccc(CC(=O)Cc2ccccc2)c1.O=C(Cc1ccccc1)Cc1cccc(CS(=O)(=O)c2ccccc2)c1.O=S(=O)(Cl)c1ccccc1. The first kappa shape index (κ1) is 40.4. The number of hydrogen-bond donors (Lipinski definition) is 1. The molecule has 0 heterocycles. The fourth-order valence-electron chi connectivity index (χ4n) is 5.27. The number of nitrogen functional groups attached to an aromatic ring is 1. The predicted octanol–water partition coefficient (Wildman–Crippen LogP) is 8.25. The smallest absolute Gasteiger partial charge is 0.261 e. The molecule has 0 aromatic heterocycles. The first-order valence-electron chi connectivity index (χ1n) is 16.7. The second kappa shape index (κ2) is 20.0. The van der Waals surface area contributed by atoms with E-state index in [0.29, 0.717) is 41.8 Å². The van der Waals surface area contributed by atoms with E-state index in [1.54, 1.807) is 60.7 Å². The van der Waals surface area contributed by atoms with Gasteiger partial charge in [0.15, 0.2) is 9.84 Å². The van der Waals surface area contributed by atoms with Crippen molar-refractivity contribution in [3.05, 3.63) is 198 Å². The molecule has 0 amide bonds. The minimum Gasteiger partial charge on any atom is -0.399 e. The van der Waals surface area contributed by atoms with Gasteiger partial charge in [-0.2, -0.15) is 0 Å². The van der Waals surface area contributed by atoms with Crippen molar-refractivity contribution in [3.8, 4) is 0 Å². The Hall–Kier alpha value is -5.35. The lowest BCUT2D eigenvalue weighted by atomic mass is 10.0. The highest BCUT2D eigenvalue weighted by Crippen LogP contribution is 2.18. The molecule has 6 aromatic carbocycles. The lowest BCUT2D eigenvalue weighted by Gasteiger charge is -2.07. The number of benzene rings is 6. The van der Waals surface area contributed by atoms with Gasteiger partial charge < -0.3 is 5.73 Å². The predicted molar refractivity (Wildman–Crippen MR) is 212 cm³/mol. The summed E-state index contributed by atoms with van der Waals surface area (Å²) >= 11 is 0. The van der Waals surface area contributed by atoms with Crippen LogP contribution in [0.1, 0.15) is 27.8 Å². The number of halogens is 1. The Bertz CT molecular complexity index is 2290. The van der Waals surface area contributed by atoms with Crippen LogP contribution in [0.15, 0.2) is 180 Å². The van der Waals surface area contributed by atoms with Gasteiger partial charge in [-0.1, -0.05) is 133 Å². The van der Waals surface area contributed by atoms with Gasteiger partial charge >= 0.3 is 0 Å². The molecule has 0 aliphatic heterocycles. The number of nitrogens with two attached hydrogens (primary N) is 1. The third kappa shape index (κ3) is 14.7. The summed E-state index contributed by atoms with van der Waals surface area (Å²) in [7, 11) is -1.89. The highest BCUT2D eigenvalue weighted by Gasteiger charge is 2.15. The van der Waals surface area contributed by atoms with Crippen LogP contribution in [0.2, 0.25) is 0 Å². The lowest BCUT2D eigenvalue weighted by Crippen LogP contribution is -2.08. The number of sulfone groups is 1. The zero-order valence-corrected chi connectivity index (χ0v) is 31.3. The van der Waals surface area contributed by atoms with E-state index in [4.69, 9.17) is 16.4 Å². The van der Waals surface area contributed by atoms with Gasteiger partial charge in [-0.05, 0) is 64.2 Å². The van der Waals surface area contributed by atoms with Crippen LogP contribution in [-0.4, -0.2) is 28.4 Å². The Morgan fingerprint density at radius 3 is 1.23 bits per heavy atom. The van der Waals surface area contributed by atoms with Crippen LogP contribution in [0.4, 0.5) is 5.69 Å². The van der Waals surface area contributed by atoms with Crippen LogP contribution in [0.3, 0.4) is 0 Å². The molecular formula is C43H40ClNO6S2. The molecule has 6 rings (SSSR count). The van der Waals surface area contributed by atoms with Crippen LogP contribution >= 0.6 is 10.7 Å². The Balaban J connectivity index is 0.000000198. The number of anilines is 1. The van der Waals surface area contributed by atoms with Gasteiger partial charge in [0.25, 0.3) is 9.05 Å². The highest BCUT2D eigenvalue weighted by molar-refractivity contribution is 8.13. The molecule has 6 aromatic rings. The zero-order chi connectivity index (χ0) is 38.1. The van der Waals surface area contributed by atoms with E-state index in [9.17, 15) is 26.4 Å². The van der Waals surface area contributed by atoms with Crippen molar-refractivity contribution in [1.29, 1.82) is 0 Å². The summed E-state index contributed by atoms with van der Waals surface area (Å²) in [4.78, 5) is 24.6. The molecule has 0 spiro atoms. The molecule has 2 N–H and O–H groups in total. The molecule has 10 heteroatoms. The molecule has 0 unspecified atom stereocenters.